The van der Waals surface area contributed by atoms with Crippen LogP contribution >= 0.6 is 0 Å². The van der Waals surface area contributed by atoms with Gasteiger partial charge in [-0.05, 0) is 44.4 Å². The SMILES string of the molecule is CCNC(=NCCCc1ccc(OC)c(OCC)c1)Nc1cc(OC)c(OC)c(OC)c1. The van der Waals surface area contributed by atoms with E-state index in [-0.39, 0.29) is 0 Å². The number of benzene rings is 2. The van der Waals surface area contributed by atoms with E-state index in [1.54, 1.807) is 28.4 Å². The summed E-state index contributed by atoms with van der Waals surface area (Å²) in [4.78, 5) is 4.70. The zero-order valence-corrected chi connectivity index (χ0v) is 19.9. The van der Waals surface area contributed by atoms with E-state index in [2.05, 4.69) is 16.7 Å². The summed E-state index contributed by atoms with van der Waals surface area (Å²) in [6.45, 7) is 5.99. The van der Waals surface area contributed by atoms with Crippen LogP contribution in [0, 0.1) is 0 Å². The molecule has 0 aromatic heterocycles. The van der Waals surface area contributed by atoms with Crippen molar-refractivity contribution in [3.8, 4) is 28.7 Å². The molecule has 0 aliphatic heterocycles. The minimum absolute atomic E-state index is 0.549. The second-order valence-corrected chi connectivity index (χ2v) is 6.82. The molecule has 8 nitrogen and oxygen atoms in total. The quantitative estimate of drug-likeness (QED) is 0.289. The maximum Gasteiger partial charge on any atom is 0.203 e. The van der Waals surface area contributed by atoms with Crippen molar-refractivity contribution in [2.45, 2.75) is 26.7 Å². The minimum atomic E-state index is 0.549. The van der Waals surface area contributed by atoms with Crippen LogP contribution < -0.4 is 34.3 Å². The van der Waals surface area contributed by atoms with E-state index in [0.29, 0.717) is 36.4 Å². The third kappa shape index (κ3) is 6.87. The zero-order chi connectivity index (χ0) is 23.3. The largest absolute Gasteiger partial charge is 0.493 e. The third-order valence-corrected chi connectivity index (χ3v) is 4.69. The Labute approximate surface area is 190 Å². The lowest BCUT2D eigenvalue weighted by atomic mass is 10.1. The molecule has 2 aromatic carbocycles. The lowest BCUT2D eigenvalue weighted by molar-refractivity contribution is 0.310. The molecule has 32 heavy (non-hydrogen) atoms. The molecule has 0 aliphatic carbocycles. The van der Waals surface area contributed by atoms with Crippen LogP contribution in [0.4, 0.5) is 5.69 Å². The first kappa shape index (κ1) is 25.0. The van der Waals surface area contributed by atoms with Crippen LogP contribution in [-0.2, 0) is 6.42 Å². The van der Waals surface area contributed by atoms with E-state index in [1.165, 1.54) is 5.56 Å². The summed E-state index contributed by atoms with van der Waals surface area (Å²) in [5, 5.41) is 6.57. The maximum atomic E-state index is 5.66. The zero-order valence-electron chi connectivity index (χ0n) is 19.9. The highest BCUT2D eigenvalue weighted by atomic mass is 16.5. The molecule has 2 aromatic rings. The van der Waals surface area contributed by atoms with Gasteiger partial charge in [-0.2, -0.15) is 0 Å². The van der Waals surface area contributed by atoms with Gasteiger partial charge < -0.3 is 34.3 Å². The molecular formula is C24H35N3O5. The van der Waals surface area contributed by atoms with E-state index in [1.807, 2.05) is 38.1 Å². The van der Waals surface area contributed by atoms with Gasteiger partial charge in [0.15, 0.2) is 29.0 Å². The molecule has 176 valence electrons. The van der Waals surface area contributed by atoms with Crippen LogP contribution in [-0.4, -0.2) is 54.1 Å². The molecule has 0 heterocycles. The van der Waals surface area contributed by atoms with Gasteiger partial charge in [0, 0.05) is 30.9 Å². The van der Waals surface area contributed by atoms with E-state index >= 15 is 0 Å². The Kier molecular flexibility index (Phi) is 10.3. The standard InChI is InChI=1S/C24H35N3O5/c1-7-25-24(27-18-15-21(29-4)23(31-6)22(16-18)30-5)26-13-9-10-17-11-12-19(28-3)20(14-17)32-8-2/h11-12,14-16H,7-10,13H2,1-6H3,(H2,25,26,27). The van der Waals surface area contributed by atoms with Crippen LogP contribution in [0.3, 0.4) is 0 Å². The normalized spacial score (nSPS) is 11.0. The lowest BCUT2D eigenvalue weighted by Gasteiger charge is -2.16. The molecule has 0 bridgehead atoms. The van der Waals surface area contributed by atoms with Crippen molar-refractivity contribution < 1.29 is 23.7 Å². The van der Waals surface area contributed by atoms with Crippen LogP contribution in [0.2, 0.25) is 0 Å². The highest BCUT2D eigenvalue weighted by Crippen LogP contribution is 2.39. The first-order valence-electron chi connectivity index (χ1n) is 10.7. The number of ether oxygens (including phenoxy) is 5. The van der Waals surface area contributed by atoms with Gasteiger partial charge in [0.05, 0.1) is 35.0 Å². The Hall–Kier alpha value is -3.29. The maximum absolute atomic E-state index is 5.66. The lowest BCUT2D eigenvalue weighted by Crippen LogP contribution is -2.30. The van der Waals surface area contributed by atoms with Crippen molar-refractivity contribution in [3.05, 3.63) is 35.9 Å². The molecule has 0 spiro atoms. The second-order valence-electron chi connectivity index (χ2n) is 6.82. The van der Waals surface area contributed by atoms with Gasteiger partial charge in [-0.15, -0.1) is 0 Å². The summed E-state index contributed by atoms with van der Waals surface area (Å²) in [7, 11) is 6.42. The van der Waals surface area contributed by atoms with Crippen LogP contribution in [0.15, 0.2) is 35.3 Å². The van der Waals surface area contributed by atoms with E-state index in [0.717, 1.165) is 36.6 Å². The Balaban J connectivity index is 2.05. The minimum Gasteiger partial charge on any atom is -0.493 e. The fourth-order valence-corrected chi connectivity index (χ4v) is 3.22. The number of anilines is 1. The topological polar surface area (TPSA) is 82.6 Å². The summed E-state index contributed by atoms with van der Waals surface area (Å²) >= 11 is 0. The average Bonchev–Trinajstić information content (AvgIpc) is 2.81. The van der Waals surface area contributed by atoms with Gasteiger partial charge >= 0.3 is 0 Å². The monoisotopic (exact) mass is 445 g/mol. The molecule has 0 aliphatic rings. The Morgan fingerprint density at radius 3 is 2.09 bits per heavy atom. The number of nitrogens with zero attached hydrogens (tertiary/aromatic N) is 1. The van der Waals surface area contributed by atoms with Crippen molar-refractivity contribution in [2.24, 2.45) is 4.99 Å². The number of nitrogens with one attached hydrogen (secondary N) is 2. The highest BCUT2D eigenvalue weighted by molar-refractivity contribution is 5.94. The molecule has 0 amide bonds. The van der Waals surface area contributed by atoms with Gasteiger partial charge in [0.2, 0.25) is 5.75 Å². The molecule has 0 unspecified atom stereocenters. The summed E-state index contributed by atoms with van der Waals surface area (Å²) in [5.74, 6) is 3.91. The van der Waals surface area contributed by atoms with Crippen LogP contribution in [0.1, 0.15) is 25.8 Å². The number of aliphatic imine (C=N–C) groups is 1. The van der Waals surface area contributed by atoms with Crippen LogP contribution in [0.25, 0.3) is 0 Å². The molecule has 2 rings (SSSR count). The smallest absolute Gasteiger partial charge is 0.203 e. The molecule has 0 atom stereocenters. The average molecular weight is 446 g/mol. The molecule has 8 heteroatoms. The Morgan fingerprint density at radius 1 is 0.844 bits per heavy atom. The van der Waals surface area contributed by atoms with Gasteiger partial charge in [0.25, 0.3) is 0 Å². The van der Waals surface area contributed by atoms with Gasteiger partial charge in [-0.1, -0.05) is 6.07 Å². The molecular weight excluding hydrogens is 410 g/mol. The summed E-state index contributed by atoms with van der Waals surface area (Å²) in [6, 6.07) is 9.73. The number of aryl methyl sites for hydroxylation is 1. The molecule has 0 radical (unpaired) electrons. The summed E-state index contributed by atoms with van der Waals surface area (Å²) in [5.41, 5.74) is 1.97. The number of rotatable bonds is 12. The molecule has 0 saturated heterocycles. The molecule has 0 saturated carbocycles. The fourth-order valence-electron chi connectivity index (χ4n) is 3.22. The second kappa shape index (κ2) is 13.2. The number of hydrogen-bond acceptors (Lipinski definition) is 6. The number of guanidine groups is 1. The first-order valence-corrected chi connectivity index (χ1v) is 10.7. The van der Waals surface area contributed by atoms with Crippen molar-refractivity contribution in [1.29, 1.82) is 0 Å². The highest BCUT2D eigenvalue weighted by Gasteiger charge is 2.14. The number of methoxy groups -OCH3 is 4. The van der Waals surface area contributed by atoms with Crippen molar-refractivity contribution in [3.63, 3.8) is 0 Å². The fraction of sp³-hybridized carbons (Fsp3) is 0.458. The first-order chi connectivity index (χ1) is 15.6. The van der Waals surface area contributed by atoms with E-state index in [9.17, 15) is 0 Å². The van der Waals surface area contributed by atoms with Gasteiger partial charge in [-0.3, -0.25) is 4.99 Å². The van der Waals surface area contributed by atoms with Crippen molar-refractivity contribution in [2.75, 3.05) is 53.5 Å². The Morgan fingerprint density at radius 2 is 1.53 bits per heavy atom. The van der Waals surface area contributed by atoms with Crippen molar-refractivity contribution >= 4 is 11.6 Å². The van der Waals surface area contributed by atoms with Crippen LogP contribution in [0.5, 0.6) is 28.7 Å². The van der Waals surface area contributed by atoms with E-state index < -0.39 is 0 Å². The molecule has 2 N–H and O–H groups in total. The molecule has 0 fully saturated rings. The van der Waals surface area contributed by atoms with E-state index in [4.69, 9.17) is 28.7 Å². The third-order valence-electron chi connectivity index (χ3n) is 4.69. The Bertz CT molecular complexity index is 861. The number of hydrogen-bond donors (Lipinski definition) is 2. The summed E-state index contributed by atoms with van der Waals surface area (Å²) in [6.07, 6.45) is 1.78. The predicted octanol–water partition coefficient (Wildman–Crippen LogP) is 4.13. The van der Waals surface area contributed by atoms with Gasteiger partial charge in [-0.25, -0.2) is 0 Å². The predicted molar refractivity (Wildman–Crippen MR) is 128 cm³/mol. The van der Waals surface area contributed by atoms with Crippen molar-refractivity contribution in [1.82, 2.24) is 5.32 Å². The van der Waals surface area contributed by atoms with Gasteiger partial charge in [0.1, 0.15) is 0 Å². The summed E-state index contributed by atoms with van der Waals surface area (Å²) < 4.78 is 27.3.